The summed E-state index contributed by atoms with van der Waals surface area (Å²) >= 11 is 0. The van der Waals surface area contributed by atoms with Crippen molar-refractivity contribution in [3.63, 3.8) is 0 Å². The van der Waals surface area contributed by atoms with Gasteiger partial charge in [-0.3, -0.25) is 4.79 Å². The standard InChI is InChI=1S/C11H18O3/c1-4-13-11(14-5-2)7-6-10(3)8-9-12/h6-9,11H,4-5H2,1-3H3. The summed E-state index contributed by atoms with van der Waals surface area (Å²) in [4.78, 5) is 10.1. The number of ether oxygens (including phenoxy) is 2. The Hall–Kier alpha value is -0.930. The first kappa shape index (κ1) is 13.1. The number of carbonyl (C=O) groups excluding carboxylic acids is 1. The van der Waals surface area contributed by atoms with Gasteiger partial charge in [0, 0.05) is 13.2 Å². The molecule has 0 aliphatic rings. The van der Waals surface area contributed by atoms with Gasteiger partial charge in [-0.2, -0.15) is 0 Å². The van der Waals surface area contributed by atoms with Crippen molar-refractivity contribution in [1.29, 1.82) is 0 Å². The Labute approximate surface area is 85.4 Å². The Balaban J connectivity index is 4.12. The second kappa shape index (κ2) is 8.66. The Morgan fingerprint density at radius 1 is 1.29 bits per heavy atom. The molecule has 3 nitrogen and oxygen atoms in total. The minimum absolute atomic E-state index is 0.319. The molecule has 0 spiro atoms. The summed E-state index contributed by atoms with van der Waals surface area (Å²) in [6.45, 7) is 6.87. The molecule has 0 amide bonds. The fraction of sp³-hybridized carbons (Fsp3) is 0.545. The smallest absolute Gasteiger partial charge is 0.177 e. The van der Waals surface area contributed by atoms with Gasteiger partial charge in [0.05, 0.1) is 0 Å². The van der Waals surface area contributed by atoms with Crippen LogP contribution >= 0.6 is 0 Å². The fourth-order valence-corrected chi connectivity index (χ4v) is 0.881. The van der Waals surface area contributed by atoms with Gasteiger partial charge in [0.1, 0.15) is 6.29 Å². The van der Waals surface area contributed by atoms with E-state index >= 15 is 0 Å². The maximum absolute atomic E-state index is 10.1. The highest BCUT2D eigenvalue weighted by molar-refractivity contribution is 5.66. The van der Waals surface area contributed by atoms with E-state index in [1.54, 1.807) is 6.08 Å². The van der Waals surface area contributed by atoms with Crippen molar-refractivity contribution in [3.8, 4) is 0 Å². The molecule has 3 heteroatoms. The van der Waals surface area contributed by atoms with Crippen LogP contribution in [0, 0.1) is 0 Å². The second-order valence-corrected chi connectivity index (χ2v) is 2.68. The van der Waals surface area contributed by atoms with Gasteiger partial charge in [0.25, 0.3) is 0 Å². The van der Waals surface area contributed by atoms with Gasteiger partial charge in [-0.05, 0) is 38.5 Å². The molecule has 0 radical (unpaired) electrons. The molecule has 0 rings (SSSR count). The lowest BCUT2D eigenvalue weighted by molar-refractivity contribution is -0.104. The summed E-state index contributed by atoms with van der Waals surface area (Å²) in [7, 11) is 0. The van der Waals surface area contributed by atoms with Crippen LogP contribution in [0.1, 0.15) is 20.8 Å². The van der Waals surface area contributed by atoms with Gasteiger partial charge in [0.15, 0.2) is 6.29 Å². The van der Waals surface area contributed by atoms with Crippen molar-refractivity contribution in [2.75, 3.05) is 13.2 Å². The molecule has 0 aliphatic heterocycles. The summed E-state index contributed by atoms with van der Waals surface area (Å²) in [5.74, 6) is 0. The molecule has 0 aromatic carbocycles. The van der Waals surface area contributed by atoms with E-state index in [1.807, 2.05) is 26.8 Å². The summed E-state index contributed by atoms with van der Waals surface area (Å²) < 4.78 is 10.6. The third kappa shape index (κ3) is 6.57. The molecule has 0 fully saturated rings. The van der Waals surface area contributed by atoms with Gasteiger partial charge in [-0.15, -0.1) is 0 Å². The van der Waals surface area contributed by atoms with Crippen LogP contribution in [0.4, 0.5) is 0 Å². The lowest BCUT2D eigenvalue weighted by Gasteiger charge is -2.12. The van der Waals surface area contributed by atoms with Crippen LogP contribution in [-0.4, -0.2) is 25.8 Å². The van der Waals surface area contributed by atoms with Gasteiger partial charge >= 0.3 is 0 Å². The first-order valence-electron chi connectivity index (χ1n) is 4.78. The Morgan fingerprint density at radius 3 is 2.29 bits per heavy atom. The van der Waals surface area contributed by atoms with E-state index in [0.717, 1.165) is 11.9 Å². The van der Waals surface area contributed by atoms with Gasteiger partial charge in [-0.1, -0.05) is 6.08 Å². The first-order valence-corrected chi connectivity index (χ1v) is 4.78. The average molecular weight is 198 g/mol. The van der Waals surface area contributed by atoms with Gasteiger partial charge in [0.2, 0.25) is 0 Å². The normalized spacial score (nSPS) is 12.7. The monoisotopic (exact) mass is 198 g/mol. The van der Waals surface area contributed by atoms with Crippen LogP contribution in [0.15, 0.2) is 23.8 Å². The molecule has 0 aliphatic carbocycles. The van der Waals surface area contributed by atoms with Crippen LogP contribution in [0.3, 0.4) is 0 Å². The van der Waals surface area contributed by atoms with E-state index in [-0.39, 0.29) is 6.29 Å². The molecule has 0 N–H and O–H groups in total. The molecule has 80 valence electrons. The molecular weight excluding hydrogens is 180 g/mol. The predicted molar refractivity (Wildman–Crippen MR) is 56.0 cm³/mol. The van der Waals surface area contributed by atoms with Crippen LogP contribution < -0.4 is 0 Å². The number of allylic oxidation sites excluding steroid dienone is 3. The van der Waals surface area contributed by atoms with E-state index in [2.05, 4.69) is 0 Å². The van der Waals surface area contributed by atoms with Crippen molar-refractivity contribution in [3.05, 3.63) is 23.8 Å². The summed E-state index contributed by atoms with van der Waals surface area (Å²) in [5.41, 5.74) is 0.879. The van der Waals surface area contributed by atoms with Gasteiger partial charge < -0.3 is 9.47 Å². The summed E-state index contributed by atoms with van der Waals surface area (Å²) in [6, 6.07) is 0. The van der Waals surface area contributed by atoms with E-state index in [0.29, 0.717) is 13.2 Å². The van der Waals surface area contributed by atoms with Crippen molar-refractivity contribution < 1.29 is 14.3 Å². The Morgan fingerprint density at radius 2 is 1.86 bits per heavy atom. The molecular formula is C11H18O3. The van der Waals surface area contributed by atoms with Crippen LogP contribution in [0.2, 0.25) is 0 Å². The Kier molecular flexibility index (Phi) is 8.08. The highest BCUT2D eigenvalue weighted by Gasteiger charge is 2.00. The van der Waals surface area contributed by atoms with Crippen LogP contribution in [0.25, 0.3) is 0 Å². The highest BCUT2D eigenvalue weighted by atomic mass is 16.7. The minimum Gasteiger partial charge on any atom is -0.349 e. The zero-order valence-corrected chi connectivity index (χ0v) is 9.03. The maximum atomic E-state index is 10.1. The lowest BCUT2D eigenvalue weighted by atomic mass is 10.2. The molecule has 0 unspecified atom stereocenters. The van der Waals surface area contributed by atoms with Crippen molar-refractivity contribution >= 4 is 6.29 Å². The topological polar surface area (TPSA) is 35.5 Å². The highest BCUT2D eigenvalue weighted by Crippen LogP contribution is 2.01. The molecule has 14 heavy (non-hydrogen) atoms. The molecule has 0 saturated heterocycles. The Bertz CT molecular complexity index is 201. The number of aldehydes is 1. The third-order valence-corrected chi connectivity index (χ3v) is 1.51. The van der Waals surface area contributed by atoms with Crippen molar-refractivity contribution in [1.82, 2.24) is 0 Å². The van der Waals surface area contributed by atoms with E-state index in [1.165, 1.54) is 6.08 Å². The summed E-state index contributed by atoms with van der Waals surface area (Å²) in [6.07, 6.45) is 5.54. The minimum atomic E-state index is -0.319. The van der Waals surface area contributed by atoms with Crippen LogP contribution in [0.5, 0.6) is 0 Å². The fourth-order valence-electron chi connectivity index (χ4n) is 0.881. The summed E-state index contributed by atoms with van der Waals surface area (Å²) in [5, 5.41) is 0. The number of hydrogen-bond acceptors (Lipinski definition) is 3. The average Bonchev–Trinajstić information content (AvgIpc) is 2.15. The number of carbonyl (C=O) groups is 1. The molecule has 0 bridgehead atoms. The molecule has 0 atom stereocenters. The van der Waals surface area contributed by atoms with E-state index in [9.17, 15) is 4.79 Å². The quantitative estimate of drug-likeness (QED) is 0.272. The van der Waals surface area contributed by atoms with Crippen molar-refractivity contribution in [2.24, 2.45) is 0 Å². The predicted octanol–water partition coefficient (Wildman–Crippen LogP) is 2.09. The lowest BCUT2D eigenvalue weighted by Crippen LogP contribution is -2.14. The largest absolute Gasteiger partial charge is 0.349 e. The number of rotatable bonds is 7. The molecule has 0 aromatic heterocycles. The van der Waals surface area contributed by atoms with Crippen molar-refractivity contribution in [2.45, 2.75) is 27.1 Å². The zero-order valence-electron chi connectivity index (χ0n) is 9.03. The molecule has 0 saturated carbocycles. The van der Waals surface area contributed by atoms with Crippen LogP contribution in [-0.2, 0) is 14.3 Å². The maximum Gasteiger partial charge on any atom is 0.177 e. The molecule has 0 heterocycles. The van der Waals surface area contributed by atoms with Gasteiger partial charge in [-0.25, -0.2) is 0 Å². The third-order valence-electron chi connectivity index (χ3n) is 1.51. The van der Waals surface area contributed by atoms with E-state index < -0.39 is 0 Å². The SMILES string of the molecule is CCOC(C=CC(C)=CC=O)OCC. The zero-order chi connectivity index (χ0) is 10.8. The molecule has 0 aromatic rings. The number of hydrogen-bond donors (Lipinski definition) is 0. The second-order valence-electron chi connectivity index (χ2n) is 2.68. The van der Waals surface area contributed by atoms with E-state index in [4.69, 9.17) is 9.47 Å². The first-order chi connectivity index (χ1) is 6.74.